The van der Waals surface area contributed by atoms with Crippen molar-refractivity contribution in [1.29, 1.82) is 0 Å². The van der Waals surface area contributed by atoms with Crippen LogP contribution in [0.1, 0.15) is 16.1 Å². The van der Waals surface area contributed by atoms with Crippen LogP contribution in [0.4, 0.5) is 0 Å². The SMILES string of the molecule is CSc1nc(C(=O)NN=Cc2ccccc2O)cc(=O)[nH]1. The van der Waals surface area contributed by atoms with Crippen molar-refractivity contribution >= 4 is 23.9 Å². The molecule has 0 radical (unpaired) electrons. The van der Waals surface area contributed by atoms with E-state index in [1.807, 2.05) is 0 Å². The van der Waals surface area contributed by atoms with Gasteiger partial charge in [-0.05, 0) is 18.4 Å². The molecule has 0 aliphatic carbocycles. The molecule has 0 atom stereocenters. The third-order valence-corrected chi connectivity index (χ3v) is 3.03. The summed E-state index contributed by atoms with van der Waals surface area (Å²) in [6.07, 6.45) is 3.03. The van der Waals surface area contributed by atoms with Gasteiger partial charge in [-0.1, -0.05) is 23.9 Å². The van der Waals surface area contributed by atoms with Gasteiger partial charge in [0.15, 0.2) is 5.16 Å². The van der Waals surface area contributed by atoms with Gasteiger partial charge in [0.25, 0.3) is 11.5 Å². The van der Waals surface area contributed by atoms with Crippen LogP contribution in [0.15, 0.2) is 45.4 Å². The number of hydrogen-bond acceptors (Lipinski definition) is 6. The summed E-state index contributed by atoms with van der Waals surface area (Å²) in [4.78, 5) is 29.6. The predicted molar refractivity (Wildman–Crippen MR) is 79.8 cm³/mol. The maximum absolute atomic E-state index is 11.8. The average molecular weight is 304 g/mol. The fourth-order valence-electron chi connectivity index (χ4n) is 1.46. The second kappa shape index (κ2) is 6.71. The minimum absolute atomic E-state index is 0.0301. The fraction of sp³-hybridized carbons (Fsp3) is 0.0769. The fourth-order valence-corrected chi connectivity index (χ4v) is 1.85. The molecule has 2 aromatic rings. The van der Waals surface area contributed by atoms with Crippen LogP contribution in [0, 0.1) is 0 Å². The monoisotopic (exact) mass is 304 g/mol. The van der Waals surface area contributed by atoms with Gasteiger partial charge in [-0.25, -0.2) is 10.4 Å². The number of hydrazone groups is 1. The number of aromatic hydroxyl groups is 1. The van der Waals surface area contributed by atoms with Crippen molar-refractivity contribution in [2.24, 2.45) is 5.10 Å². The molecule has 0 aliphatic rings. The Balaban J connectivity index is 2.10. The number of phenols is 1. The molecular weight excluding hydrogens is 292 g/mol. The van der Waals surface area contributed by atoms with E-state index in [2.05, 4.69) is 20.5 Å². The van der Waals surface area contributed by atoms with Crippen LogP contribution >= 0.6 is 11.8 Å². The van der Waals surface area contributed by atoms with Gasteiger partial charge in [-0.2, -0.15) is 5.10 Å². The second-order valence-electron chi connectivity index (χ2n) is 3.90. The van der Waals surface area contributed by atoms with Gasteiger partial charge in [0.05, 0.1) is 6.21 Å². The van der Waals surface area contributed by atoms with Crippen molar-refractivity contribution in [3.8, 4) is 5.75 Å². The van der Waals surface area contributed by atoms with Crippen molar-refractivity contribution < 1.29 is 9.90 Å². The summed E-state index contributed by atoms with van der Waals surface area (Å²) in [7, 11) is 0. The van der Waals surface area contributed by atoms with Gasteiger partial charge in [0.1, 0.15) is 11.4 Å². The number of aromatic nitrogens is 2. The summed E-state index contributed by atoms with van der Waals surface area (Å²) in [6, 6.07) is 7.64. The zero-order chi connectivity index (χ0) is 15.2. The van der Waals surface area contributed by atoms with E-state index in [9.17, 15) is 14.7 Å². The summed E-state index contributed by atoms with van der Waals surface area (Å²) in [6.45, 7) is 0. The Labute approximate surface area is 124 Å². The van der Waals surface area contributed by atoms with E-state index >= 15 is 0 Å². The van der Waals surface area contributed by atoms with Crippen LogP contribution in [0.25, 0.3) is 0 Å². The van der Waals surface area contributed by atoms with E-state index in [4.69, 9.17) is 0 Å². The molecule has 1 aromatic carbocycles. The highest BCUT2D eigenvalue weighted by atomic mass is 32.2. The van der Waals surface area contributed by atoms with Gasteiger partial charge in [0.2, 0.25) is 0 Å². The van der Waals surface area contributed by atoms with Crippen molar-refractivity contribution in [2.75, 3.05) is 6.26 Å². The van der Waals surface area contributed by atoms with Crippen molar-refractivity contribution in [1.82, 2.24) is 15.4 Å². The lowest BCUT2D eigenvalue weighted by Gasteiger charge is -2.01. The number of para-hydroxylation sites is 1. The zero-order valence-corrected chi connectivity index (χ0v) is 11.8. The van der Waals surface area contributed by atoms with Gasteiger partial charge < -0.3 is 10.1 Å². The third-order valence-electron chi connectivity index (χ3n) is 2.45. The Kier molecular flexibility index (Phi) is 4.72. The topological polar surface area (TPSA) is 107 Å². The van der Waals surface area contributed by atoms with Gasteiger partial charge in [0, 0.05) is 11.6 Å². The normalized spacial score (nSPS) is 10.7. The molecule has 1 aromatic heterocycles. The van der Waals surface area contributed by atoms with Crippen molar-refractivity contribution in [2.45, 2.75) is 5.16 Å². The van der Waals surface area contributed by atoms with Crippen LogP contribution in [0.5, 0.6) is 5.75 Å². The highest BCUT2D eigenvalue weighted by molar-refractivity contribution is 7.98. The number of hydrogen-bond donors (Lipinski definition) is 3. The number of rotatable bonds is 4. The van der Waals surface area contributed by atoms with E-state index in [1.165, 1.54) is 24.0 Å². The summed E-state index contributed by atoms with van der Waals surface area (Å²) in [5, 5.41) is 13.6. The number of phenolic OH excluding ortho intramolecular Hbond substituents is 1. The minimum atomic E-state index is -0.608. The molecule has 108 valence electrons. The largest absolute Gasteiger partial charge is 0.507 e. The lowest BCUT2D eigenvalue weighted by Crippen LogP contribution is -2.22. The first kappa shape index (κ1) is 14.8. The van der Waals surface area contributed by atoms with Crippen LogP contribution in [0.2, 0.25) is 0 Å². The summed E-state index contributed by atoms with van der Waals surface area (Å²) in [5.41, 5.74) is 2.26. The highest BCUT2D eigenvalue weighted by Gasteiger charge is 2.09. The number of aromatic amines is 1. The molecule has 7 nitrogen and oxygen atoms in total. The van der Waals surface area contributed by atoms with E-state index < -0.39 is 11.5 Å². The summed E-state index contributed by atoms with van der Waals surface area (Å²) >= 11 is 1.22. The lowest BCUT2D eigenvalue weighted by molar-refractivity contribution is 0.0949. The molecule has 1 amide bonds. The van der Waals surface area contributed by atoms with E-state index in [0.29, 0.717) is 10.7 Å². The number of amides is 1. The zero-order valence-electron chi connectivity index (χ0n) is 11.0. The van der Waals surface area contributed by atoms with E-state index in [1.54, 1.807) is 24.5 Å². The number of thioether (sulfide) groups is 1. The van der Waals surface area contributed by atoms with Crippen LogP contribution in [0.3, 0.4) is 0 Å². The lowest BCUT2D eigenvalue weighted by atomic mass is 10.2. The van der Waals surface area contributed by atoms with E-state index in [0.717, 1.165) is 6.07 Å². The molecule has 0 saturated heterocycles. The van der Waals surface area contributed by atoms with Crippen LogP contribution in [-0.2, 0) is 0 Å². The van der Waals surface area contributed by atoms with E-state index in [-0.39, 0.29) is 11.4 Å². The van der Waals surface area contributed by atoms with Gasteiger partial charge in [-0.15, -0.1) is 0 Å². The molecule has 8 heteroatoms. The maximum Gasteiger partial charge on any atom is 0.290 e. The molecule has 0 fully saturated rings. The average Bonchev–Trinajstić information content (AvgIpc) is 2.48. The molecule has 0 unspecified atom stereocenters. The van der Waals surface area contributed by atoms with Crippen molar-refractivity contribution in [3.05, 3.63) is 51.9 Å². The number of nitrogens with zero attached hydrogens (tertiary/aromatic N) is 2. The molecule has 0 bridgehead atoms. The molecule has 2 rings (SSSR count). The Bertz CT molecular complexity index is 742. The standard InChI is InChI=1S/C13H12N4O3S/c1-21-13-15-9(6-11(19)16-13)12(20)17-14-7-8-4-2-3-5-10(8)18/h2-7,18H,1H3,(H,17,20)(H,15,16,19). The van der Waals surface area contributed by atoms with Crippen LogP contribution in [-0.4, -0.2) is 33.5 Å². The molecule has 0 aliphatic heterocycles. The predicted octanol–water partition coefficient (Wildman–Crippen LogP) is 0.961. The van der Waals surface area contributed by atoms with Gasteiger partial charge >= 0.3 is 0 Å². The Morgan fingerprint density at radius 2 is 2.24 bits per heavy atom. The first-order valence-electron chi connectivity index (χ1n) is 5.87. The number of benzene rings is 1. The molecule has 3 N–H and O–H groups in total. The summed E-state index contributed by atoms with van der Waals surface area (Å²) in [5.74, 6) is -0.558. The number of carbonyl (C=O) groups excluding carboxylic acids is 1. The minimum Gasteiger partial charge on any atom is -0.507 e. The first-order chi connectivity index (χ1) is 10.1. The Morgan fingerprint density at radius 3 is 2.95 bits per heavy atom. The Morgan fingerprint density at radius 1 is 1.48 bits per heavy atom. The smallest absolute Gasteiger partial charge is 0.290 e. The maximum atomic E-state index is 11.8. The van der Waals surface area contributed by atoms with Gasteiger partial charge in [-0.3, -0.25) is 9.59 Å². The molecule has 21 heavy (non-hydrogen) atoms. The molecular formula is C13H12N4O3S. The number of carbonyl (C=O) groups is 1. The number of nitrogens with one attached hydrogen (secondary N) is 2. The first-order valence-corrected chi connectivity index (χ1v) is 7.09. The highest BCUT2D eigenvalue weighted by Crippen LogP contribution is 2.12. The third kappa shape index (κ3) is 3.93. The van der Waals surface area contributed by atoms with Crippen molar-refractivity contribution in [3.63, 3.8) is 0 Å². The summed E-state index contributed by atoms with van der Waals surface area (Å²) < 4.78 is 0. The molecule has 0 saturated carbocycles. The molecule has 0 spiro atoms. The second-order valence-corrected chi connectivity index (χ2v) is 4.69. The number of H-pyrrole nitrogens is 1. The quantitative estimate of drug-likeness (QED) is 0.337. The molecule has 1 heterocycles. The van der Waals surface area contributed by atoms with Crippen LogP contribution < -0.4 is 11.0 Å². The Hall–Kier alpha value is -2.61.